The highest BCUT2D eigenvalue weighted by atomic mass is 16.5. The van der Waals surface area contributed by atoms with Gasteiger partial charge in [0.15, 0.2) is 0 Å². The number of nitrogens with one attached hydrogen (secondary N) is 1. The van der Waals surface area contributed by atoms with Gasteiger partial charge in [-0.3, -0.25) is 9.59 Å². The third kappa shape index (κ3) is 23.3. The van der Waals surface area contributed by atoms with E-state index in [-0.39, 0.29) is 23.6 Å². The van der Waals surface area contributed by atoms with E-state index in [1.54, 1.807) is 20.8 Å². The number of methoxy groups -OCH3 is 1. The van der Waals surface area contributed by atoms with E-state index in [9.17, 15) is 19.2 Å². The Balaban J connectivity index is -0.000000349. The quantitative estimate of drug-likeness (QED) is 0.364. The summed E-state index contributed by atoms with van der Waals surface area (Å²) in [6.07, 6.45) is 4.69. The van der Waals surface area contributed by atoms with Gasteiger partial charge >= 0.3 is 11.9 Å². The number of Topliss-reactive ketones (excluding diaryl/α,β-unsaturated/α-hetero) is 1. The molecule has 160 valence electrons. The zero-order chi connectivity index (χ0) is 22.8. The third-order valence-corrected chi connectivity index (χ3v) is 2.78. The van der Waals surface area contributed by atoms with Crippen LogP contribution >= 0.6 is 0 Å². The van der Waals surface area contributed by atoms with Crippen LogP contribution in [0.2, 0.25) is 0 Å². The molecule has 0 aliphatic rings. The first kappa shape index (κ1) is 30.0. The number of esters is 2. The molecule has 0 atom stereocenters. The largest absolute Gasteiger partial charge is 0.466 e. The van der Waals surface area contributed by atoms with Crippen LogP contribution in [0.5, 0.6) is 0 Å². The van der Waals surface area contributed by atoms with Crippen molar-refractivity contribution >= 4 is 23.6 Å². The van der Waals surface area contributed by atoms with Gasteiger partial charge in [-0.15, -0.1) is 0 Å². The maximum Gasteiger partial charge on any atom is 0.332 e. The second-order valence-electron chi connectivity index (χ2n) is 6.45. The normalized spacial score (nSPS) is 9.21. The summed E-state index contributed by atoms with van der Waals surface area (Å²) in [5.74, 6) is -0.867. The van der Waals surface area contributed by atoms with Gasteiger partial charge in [0, 0.05) is 23.6 Å². The Labute approximate surface area is 168 Å². The van der Waals surface area contributed by atoms with Gasteiger partial charge in [0.25, 0.3) is 0 Å². The summed E-state index contributed by atoms with van der Waals surface area (Å²) in [4.78, 5) is 42.2. The molecule has 0 radical (unpaired) electrons. The molecule has 7 heteroatoms. The van der Waals surface area contributed by atoms with Gasteiger partial charge in [0.2, 0.25) is 5.91 Å². The van der Waals surface area contributed by atoms with E-state index in [1.807, 2.05) is 6.92 Å². The summed E-state index contributed by atoms with van der Waals surface area (Å²) in [5, 5.41) is 2.66. The first-order chi connectivity index (χ1) is 12.9. The highest BCUT2D eigenvalue weighted by Crippen LogP contribution is 2.08. The van der Waals surface area contributed by atoms with E-state index < -0.39 is 5.54 Å². The Morgan fingerprint density at radius 1 is 1.07 bits per heavy atom. The first-order valence-electron chi connectivity index (χ1n) is 8.83. The fraction of sp³-hybridized carbons (Fsp3) is 0.524. The van der Waals surface area contributed by atoms with Crippen LogP contribution in [0, 0.1) is 0 Å². The van der Waals surface area contributed by atoms with Crippen molar-refractivity contribution in [2.75, 3.05) is 13.7 Å². The topological polar surface area (TPSA) is 98.8 Å². The monoisotopic (exact) mass is 397 g/mol. The van der Waals surface area contributed by atoms with E-state index in [0.29, 0.717) is 18.6 Å². The van der Waals surface area contributed by atoms with Crippen molar-refractivity contribution in [1.82, 2.24) is 5.32 Å². The molecular formula is C21H35NO6. The number of ether oxygens (including phenoxy) is 2. The average Bonchev–Trinajstić information content (AvgIpc) is 2.60. The third-order valence-electron chi connectivity index (χ3n) is 2.78. The summed E-state index contributed by atoms with van der Waals surface area (Å²) in [6.45, 7) is 19.2. The van der Waals surface area contributed by atoms with Crippen LogP contribution in [0.1, 0.15) is 53.9 Å². The zero-order valence-electron chi connectivity index (χ0n) is 18.1. The number of ketones is 1. The van der Waals surface area contributed by atoms with Gasteiger partial charge in [-0.25, -0.2) is 9.59 Å². The van der Waals surface area contributed by atoms with Crippen LogP contribution in [-0.4, -0.2) is 42.9 Å². The molecule has 0 spiro atoms. The lowest BCUT2D eigenvalue weighted by Gasteiger charge is -2.23. The molecule has 0 bridgehead atoms. The minimum absolute atomic E-state index is 0.0596. The van der Waals surface area contributed by atoms with Crippen LogP contribution in [-0.2, 0) is 28.7 Å². The number of hydrogen-bond donors (Lipinski definition) is 1. The summed E-state index contributed by atoms with van der Waals surface area (Å²) in [6, 6.07) is 0. The molecule has 0 unspecified atom stereocenters. The fourth-order valence-corrected chi connectivity index (χ4v) is 1.60. The van der Waals surface area contributed by atoms with Crippen LogP contribution in [0.4, 0.5) is 0 Å². The predicted molar refractivity (Wildman–Crippen MR) is 111 cm³/mol. The highest BCUT2D eigenvalue weighted by molar-refractivity contribution is 5.88. The smallest absolute Gasteiger partial charge is 0.332 e. The molecule has 1 amide bonds. The molecule has 0 aliphatic heterocycles. The predicted octanol–water partition coefficient (Wildman–Crippen LogP) is 3.30. The molecule has 0 aromatic heterocycles. The number of amides is 1. The van der Waals surface area contributed by atoms with Crippen molar-refractivity contribution in [3.63, 3.8) is 0 Å². The van der Waals surface area contributed by atoms with E-state index in [4.69, 9.17) is 0 Å². The molecular weight excluding hydrogens is 362 g/mol. The Bertz CT molecular complexity index is 549. The van der Waals surface area contributed by atoms with Gasteiger partial charge in [-0.05, 0) is 40.2 Å². The molecule has 7 nitrogen and oxygen atoms in total. The van der Waals surface area contributed by atoms with Gasteiger partial charge in [0.1, 0.15) is 5.78 Å². The summed E-state index contributed by atoms with van der Waals surface area (Å²) in [5.41, 5.74) is -0.0422. The Morgan fingerprint density at radius 3 is 1.89 bits per heavy atom. The van der Waals surface area contributed by atoms with E-state index in [2.05, 4.69) is 34.5 Å². The lowest BCUT2D eigenvalue weighted by Crippen LogP contribution is -2.43. The molecule has 0 fully saturated rings. The van der Waals surface area contributed by atoms with Gasteiger partial charge < -0.3 is 14.8 Å². The molecule has 0 saturated carbocycles. The van der Waals surface area contributed by atoms with Crippen LogP contribution in [0.25, 0.3) is 0 Å². The van der Waals surface area contributed by atoms with Gasteiger partial charge in [-0.2, -0.15) is 0 Å². The van der Waals surface area contributed by atoms with E-state index in [1.165, 1.54) is 26.2 Å². The minimum Gasteiger partial charge on any atom is -0.466 e. The second-order valence-corrected chi connectivity index (χ2v) is 6.45. The molecule has 0 aromatic rings. The number of hydrogen-bond acceptors (Lipinski definition) is 6. The van der Waals surface area contributed by atoms with E-state index >= 15 is 0 Å². The molecule has 28 heavy (non-hydrogen) atoms. The van der Waals surface area contributed by atoms with Gasteiger partial charge in [-0.1, -0.05) is 33.1 Å². The van der Waals surface area contributed by atoms with Crippen LogP contribution in [0.3, 0.4) is 0 Å². The summed E-state index contributed by atoms with van der Waals surface area (Å²) in [7, 11) is 1.33. The van der Waals surface area contributed by atoms with Crippen LogP contribution in [0.15, 0.2) is 37.5 Å². The fourth-order valence-electron chi connectivity index (χ4n) is 1.60. The van der Waals surface area contributed by atoms with E-state index in [0.717, 1.165) is 12.8 Å². The van der Waals surface area contributed by atoms with Crippen molar-refractivity contribution in [2.24, 2.45) is 0 Å². The standard InChI is InChI=1S/C9H15NO2.C7H12O2.C5H8O2/c1-5-8(12)10-9(3,4)6-7(2)11;1-3-5-6-9-7(8)4-2;1-4(2)5(6)7-3/h5H,1,6H2,2-4H3,(H,10,12);4H,2-3,5-6H2,1H3;1H2,2-3H3. The average molecular weight is 398 g/mol. The Kier molecular flexibility index (Phi) is 19.0. The highest BCUT2D eigenvalue weighted by Gasteiger charge is 2.20. The van der Waals surface area contributed by atoms with Crippen molar-refractivity contribution < 1.29 is 28.7 Å². The molecule has 0 rings (SSSR count). The van der Waals surface area contributed by atoms with Crippen molar-refractivity contribution in [3.05, 3.63) is 37.5 Å². The minimum atomic E-state index is -0.475. The number of carbonyl (C=O) groups excluding carboxylic acids is 4. The lowest BCUT2D eigenvalue weighted by molar-refractivity contribution is -0.138. The summed E-state index contributed by atoms with van der Waals surface area (Å²) >= 11 is 0. The van der Waals surface area contributed by atoms with Crippen molar-refractivity contribution in [3.8, 4) is 0 Å². The number of rotatable bonds is 9. The number of carbonyl (C=O) groups is 4. The molecule has 0 saturated heterocycles. The molecule has 1 N–H and O–H groups in total. The van der Waals surface area contributed by atoms with Gasteiger partial charge in [0.05, 0.1) is 13.7 Å². The second kappa shape index (κ2) is 17.7. The lowest BCUT2D eigenvalue weighted by atomic mass is 9.98. The Morgan fingerprint density at radius 2 is 1.61 bits per heavy atom. The maximum atomic E-state index is 10.9. The SMILES string of the molecule is C=C(C)C(=O)OC.C=CC(=O)NC(C)(C)CC(C)=O.C=CC(=O)OCCCC. The number of unbranched alkanes of at least 4 members (excludes halogenated alkanes) is 1. The van der Waals surface area contributed by atoms with Crippen molar-refractivity contribution in [2.45, 2.75) is 59.4 Å². The van der Waals surface area contributed by atoms with Crippen molar-refractivity contribution in [1.29, 1.82) is 0 Å². The van der Waals surface area contributed by atoms with Crippen LogP contribution < -0.4 is 5.32 Å². The first-order valence-corrected chi connectivity index (χ1v) is 8.83. The summed E-state index contributed by atoms with van der Waals surface area (Å²) < 4.78 is 8.95. The molecule has 0 aromatic carbocycles. The Hall–Kier alpha value is -2.70. The maximum absolute atomic E-state index is 10.9. The molecule has 0 heterocycles. The zero-order valence-corrected chi connectivity index (χ0v) is 18.1. The molecule has 0 aliphatic carbocycles.